The van der Waals surface area contributed by atoms with Crippen LogP contribution in [0, 0.1) is 11.6 Å². The van der Waals surface area contributed by atoms with Crippen molar-refractivity contribution in [3.05, 3.63) is 35.4 Å². The molecule has 1 aromatic rings. The second kappa shape index (κ2) is 7.11. The van der Waals surface area contributed by atoms with Crippen LogP contribution in [-0.4, -0.2) is 43.3 Å². The van der Waals surface area contributed by atoms with Crippen molar-refractivity contribution in [1.82, 2.24) is 10.2 Å². The van der Waals surface area contributed by atoms with Gasteiger partial charge < -0.3 is 10.1 Å². The lowest BCUT2D eigenvalue weighted by atomic mass is 10.1. The number of ether oxygens (including phenoxy) is 1. The molecule has 0 saturated carbocycles. The molecule has 0 aromatic heterocycles. The Labute approximate surface area is 118 Å². The molecule has 1 aliphatic rings. The Morgan fingerprint density at radius 1 is 1.40 bits per heavy atom. The normalized spacial score (nSPS) is 20.6. The first-order valence-electron chi connectivity index (χ1n) is 7.06. The Bertz CT molecular complexity index is 440. The van der Waals surface area contributed by atoms with Crippen LogP contribution in [-0.2, 0) is 11.3 Å². The molecule has 3 nitrogen and oxygen atoms in total. The fraction of sp³-hybridized carbons (Fsp3) is 0.600. The molecule has 1 aromatic carbocycles. The molecular weight excluding hydrogens is 262 g/mol. The topological polar surface area (TPSA) is 24.5 Å². The van der Waals surface area contributed by atoms with Gasteiger partial charge in [0.1, 0.15) is 0 Å². The first-order valence-corrected chi connectivity index (χ1v) is 7.06. The summed E-state index contributed by atoms with van der Waals surface area (Å²) in [5.74, 6) is -1.53. The van der Waals surface area contributed by atoms with Crippen LogP contribution in [0.15, 0.2) is 18.2 Å². The second-order valence-electron chi connectivity index (χ2n) is 5.48. The van der Waals surface area contributed by atoms with Gasteiger partial charge in [0, 0.05) is 37.3 Å². The Morgan fingerprint density at radius 3 is 2.95 bits per heavy atom. The van der Waals surface area contributed by atoms with E-state index >= 15 is 0 Å². The lowest BCUT2D eigenvalue weighted by Crippen LogP contribution is -2.50. The van der Waals surface area contributed by atoms with E-state index in [-0.39, 0.29) is 6.04 Å². The molecule has 1 aliphatic heterocycles. The van der Waals surface area contributed by atoms with E-state index < -0.39 is 11.6 Å². The van der Waals surface area contributed by atoms with Crippen molar-refractivity contribution < 1.29 is 13.5 Å². The summed E-state index contributed by atoms with van der Waals surface area (Å²) in [5, 5.41) is 3.37. The van der Waals surface area contributed by atoms with Crippen molar-refractivity contribution in [2.75, 3.05) is 26.3 Å². The molecule has 112 valence electrons. The van der Waals surface area contributed by atoms with E-state index in [1.807, 2.05) is 0 Å². The molecule has 5 heteroatoms. The minimum absolute atomic E-state index is 0.189. The van der Waals surface area contributed by atoms with E-state index in [2.05, 4.69) is 24.1 Å². The molecular formula is C15H22F2N2O. The molecule has 0 amide bonds. The van der Waals surface area contributed by atoms with Crippen LogP contribution in [0.25, 0.3) is 0 Å². The van der Waals surface area contributed by atoms with Crippen LogP contribution in [0.1, 0.15) is 19.4 Å². The maximum Gasteiger partial charge on any atom is 0.163 e. The number of nitrogens with one attached hydrogen (secondary N) is 1. The molecule has 0 spiro atoms. The van der Waals surface area contributed by atoms with Gasteiger partial charge in [-0.3, -0.25) is 4.90 Å². The Balaban J connectivity index is 2.02. The number of halogens is 2. The smallest absolute Gasteiger partial charge is 0.163 e. The molecule has 1 N–H and O–H groups in total. The molecule has 1 atom stereocenters. The van der Waals surface area contributed by atoms with Gasteiger partial charge in [0.25, 0.3) is 0 Å². The zero-order chi connectivity index (χ0) is 14.5. The Morgan fingerprint density at radius 2 is 2.20 bits per heavy atom. The number of rotatable bonds is 5. The maximum atomic E-state index is 13.7. The number of hydrogen-bond donors (Lipinski definition) is 1. The fourth-order valence-corrected chi connectivity index (χ4v) is 2.35. The van der Waals surface area contributed by atoms with Gasteiger partial charge in [0.05, 0.1) is 13.2 Å². The highest BCUT2D eigenvalue weighted by Gasteiger charge is 2.24. The summed E-state index contributed by atoms with van der Waals surface area (Å²) in [4.78, 5) is 2.15. The monoisotopic (exact) mass is 284 g/mol. The van der Waals surface area contributed by atoms with Gasteiger partial charge in [0.2, 0.25) is 0 Å². The second-order valence-corrected chi connectivity index (χ2v) is 5.48. The van der Waals surface area contributed by atoms with Gasteiger partial charge in [-0.2, -0.15) is 0 Å². The highest BCUT2D eigenvalue weighted by molar-refractivity contribution is 5.19. The van der Waals surface area contributed by atoms with Crippen molar-refractivity contribution in [3.63, 3.8) is 0 Å². The van der Waals surface area contributed by atoms with E-state index in [9.17, 15) is 8.78 Å². The fourth-order valence-electron chi connectivity index (χ4n) is 2.35. The van der Waals surface area contributed by atoms with Gasteiger partial charge >= 0.3 is 0 Å². The first kappa shape index (κ1) is 15.4. The van der Waals surface area contributed by atoms with Gasteiger partial charge in [-0.15, -0.1) is 0 Å². The quantitative estimate of drug-likeness (QED) is 0.897. The zero-order valence-corrected chi connectivity index (χ0v) is 12.0. The van der Waals surface area contributed by atoms with Gasteiger partial charge in [-0.1, -0.05) is 26.0 Å². The predicted molar refractivity (Wildman–Crippen MR) is 74.5 cm³/mol. The lowest BCUT2D eigenvalue weighted by molar-refractivity contribution is -0.0119. The minimum Gasteiger partial charge on any atom is -0.378 e. The zero-order valence-electron chi connectivity index (χ0n) is 12.0. The molecule has 1 heterocycles. The van der Waals surface area contributed by atoms with Crippen molar-refractivity contribution in [1.29, 1.82) is 0 Å². The average Bonchev–Trinajstić information content (AvgIpc) is 2.43. The summed E-state index contributed by atoms with van der Waals surface area (Å²) in [6.45, 7) is 7.36. The Kier molecular flexibility index (Phi) is 5.46. The summed E-state index contributed by atoms with van der Waals surface area (Å²) >= 11 is 0. The molecule has 20 heavy (non-hydrogen) atoms. The third-order valence-corrected chi connectivity index (χ3v) is 3.52. The molecule has 1 saturated heterocycles. The molecule has 1 fully saturated rings. The van der Waals surface area contributed by atoms with E-state index in [1.165, 1.54) is 0 Å². The van der Waals surface area contributed by atoms with Crippen molar-refractivity contribution in [3.8, 4) is 0 Å². The first-order chi connectivity index (χ1) is 9.58. The molecule has 0 radical (unpaired) electrons. The van der Waals surface area contributed by atoms with Crippen molar-refractivity contribution in [2.24, 2.45) is 0 Å². The average molecular weight is 284 g/mol. The van der Waals surface area contributed by atoms with Crippen LogP contribution < -0.4 is 5.32 Å². The summed E-state index contributed by atoms with van der Waals surface area (Å²) in [6, 6.07) is 4.92. The van der Waals surface area contributed by atoms with Crippen LogP contribution in [0.2, 0.25) is 0 Å². The van der Waals surface area contributed by atoms with Crippen LogP contribution in [0.3, 0.4) is 0 Å². The summed E-state index contributed by atoms with van der Waals surface area (Å²) in [5.41, 5.74) is 0.404. The highest BCUT2D eigenvalue weighted by Crippen LogP contribution is 2.17. The third kappa shape index (κ3) is 3.98. The molecule has 2 rings (SSSR count). The maximum absolute atomic E-state index is 13.7. The van der Waals surface area contributed by atoms with Crippen molar-refractivity contribution in [2.45, 2.75) is 32.5 Å². The summed E-state index contributed by atoms with van der Waals surface area (Å²) in [7, 11) is 0. The van der Waals surface area contributed by atoms with E-state index in [4.69, 9.17) is 4.74 Å². The highest BCUT2D eigenvalue weighted by atomic mass is 19.2. The molecule has 0 bridgehead atoms. The number of morpholine rings is 1. The van der Waals surface area contributed by atoms with Crippen LogP contribution >= 0.6 is 0 Å². The van der Waals surface area contributed by atoms with Crippen LogP contribution in [0.4, 0.5) is 8.78 Å². The third-order valence-electron chi connectivity index (χ3n) is 3.52. The summed E-state index contributed by atoms with van der Waals surface area (Å²) in [6.07, 6.45) is 0. The largest absolute Gasteiger partial charge is 0.378 e. The lowest BCUT2D eigenvalue weighted by Gasteiger charge is -2.36. The molecule has 0 aliphatic carbocycles. The van der Waals surface area contributed by atoms with E-state index in [0.29, 0.717) is 31.4 Å². The van der Waals surface area contributed by atoms with Gasteiger partial charge in [0.15, 0.2) is 11.6 Å². The summed E-state index contributed by atoms with van der Waals surface area (Å²) < 4.78 is 32.5. The predicted octanol–water partition coefficient (Wildman–Crippen LogP) is 2.16. The van der Waals surface area contributed by atoms with Gasteiger partial charge in [-0.05, 0) is 6.07 Å². The van der Waals surface area contributed by atoms with E-state index in [0.717, 1.165) is 19.2 Å². The van der Waals surface area contributed by atoms with Gasteiger partial charge in [-0.25, -0.2) is 8.78 Å². The number of hydrogen-bond acceptors (Lipinski definition) is 3. The Hall–Kier alpha value is -1.04. The van der Waals surface area contributed by atoms with Crippen molar-refractivity contribution >= 4 is 0 Å². The SMILES string of the molecule is CC(C)NCC1COCCN1Cc1cccc(F)c1F. The van der Waals surface area contributed by atoms with E-state index in [1.54, 1.807) is 12.1 Å². The number of benzene rings is 1. The number of nitrogens with zero attached hydrogens (tertiary/aromatic N) is 1. The van der Waals surface area contributed by atoms with Crippen LogP contribution in [0.5, 0.6) is 0 Å². The standard InChI is InChI=1S/C15H22F2N2O/c1-11(2)18-8-13-10-20-7-6-19(13)9-12-4-3-5-14(16)15(12)17/h3-5,11,13,18H,6-10H2,1-2H3. The molecule has 1 unspecified atom stereocenters. The minimum atomic E-state index is -0.785.